The summed E-state index contributed by atoms with van der Waals surface area (Å²) in [7, 11) is 2.70. The Morgan fingerprint density at radius 2 is 1.08 bits per heavy atom. The average Bonchev–Trinajstić information content (AvgIpc) is 2.03. The monoisotopic (exact) mass is 174 g/mol. The van der Waals surface area contributed by atoms with Gasteiger partial charge in [-0.3, -0.25) is 10.6 Å². The maximum absolute atomic E-state index is 10.6. The minimum atomic E-state index is -0.881. The first-order chi connectivity index (χ1) is 5.60. The molecule has 0 aromatic heterocycles. The van der Waals surface area contributed by atoms with Crippen LogP contribution in [0.2, 0.25) is 0 Å². The van der Waals surface area contributed by atoms with Gasteiger partial charge in [0.05, 0.1) is 0 Å². The predicted octanol–water partition coefficient (Wildman–Crippen LogP) is -1.04. The van der Waals surface area contributed by atoms with Gasteiger partial charge < -0.3 is 10.6 Å². The van der Waals surface area contributed by atoms with Crippen LogP contribution < -0.4 is 21.3 Å². The van der Waals surface area contributed by atoms with Crippen molar-refractivity contribution in [3.63, 3.8) is 0 Å². The zero-order valence-electron chi connectivity index (χ0n) is 6.72. The number of hydrogen-bond donors (Lipinski definition) is 4. The van der Waals surface area contributed by atoms with Crippen molar-refractivity contribution >= 4 is 18.1 Å². The van der Waals surface area contributed by atoms with Crippen LogP contribution in [0.25, 0.3) is 0 Å². The summed E-state index contributed by atoms with van der Waals surface area (Å²) in [5, 5.41) is 7.96. The lowest BCUT2D eigenvalue weighted by Crippen LogP contribution is -2.48. The highest BCUT2D eigenvalue weighted by molar-refractivity contribution is 6.00. The molecule has 0 spiro atoms. The van der Waals surface area contributed by atoms with Crippen molar-refractivity contribution in [2.45, 2.75) is 0 Å². The highest BCUT2D eigenvalue weighted by Gasteiger charge is 2.07. The summed E-state index contributed by atoms with van der Waals surface area (Å²) < 4.78 is 0. The SMILES string of the molecule is CNC(=O)NC(=O)NC(=O)NC. The fourth-order valence-corrected chi connectivity index (χ4v) is 0.362. The molecule has 6 amide bonds. The van der Waals surface area contributed by atoms with E-state index in [1.807, 2.05) is 10.6 Å². The van der Waals surface area contributed by atoms with E-state index in [0.29, 0.717) is 0 Å². The number of urea groups is 3. The van der Waals surface area contributed by atoms with E-state index in [2.05, 4.69) is 10.6 Å². The molecular weight excluding hydrogens is 164 g/mol. The number of amides is 6. The van der Waals surface area contributed by atoms with Gasteiger partial charge >= 0.3 is 18.1 Å². The molecule has 0 radical (unpaired) electrons. The van der Waals surface area contributed by atoms with Crippen LogP contribution in [-0.2, 0) is 0 Å². The van der Waals surface area contributed by atoms with E-state index in [1.54, 1.807) is 0 Å². The molecule has 7 heteroatoms. The molecule has 0 bridgehead atoms. The molecule has 0 aliphatic heterocycles. The Morgan fingerprint density at radius 3 is 1.33 bits per heavy atom. The van der Waals surface area contributed by atoms with Crippen LogP contribution >= 0.6 is 0 Å². The van der Waals surface area contributed by atoms with Gasteiger partial charge in [0.25, 0.3) is 0 Å². The maximum atomic E-state index is 10.6. The number of imide groups is 2. The number of carbonyl (C=O) groups excluding carboxylic acids is 3. The molecule has 0 heterocycles. The first-order valence-electron chi connectivity index (χ1n) is 3.11. The summed E-state index contributed by atoms with van der Waals surface area (Å²) in [6, 6.07) is -2.25. The fourth-order valence-electron chi connectivity index (χ4n) is 0.362. The van der Waals surface area contributed by atoms with Crippen LogP contribution in [0.1, 0.15) is 0 Å². The Kier molecular flexibility index (Phi) is 4.20. The smallest absolute Gasteiger partial charge is 0.330 e. The van der Waals surface area contributed by atoms with E-state index in [-0.39, 0.29) is 0 Å². The Labute approximate surface area is 68.9 Å². The molecule has 0 aliphatic carbocycles. The van der Waals surface area contributed by atoms with E-state index in [1.165, 1.54) is 14.1 Å². The zero-order chi connectivity index (χ0) is 9.56. The average molecular weight is 174 g/mol. The molecule has 68 valence electrons. The van der Waals surface area contributed by atoms with Crippen LogP contribution in [0, 0.1) is 0 Å². The van der Waals surface area contributed by atoms with Crippen LogP contribution in [0.4, 0.5) is 14.4 Å². The third-order valence-corrected chi connectivity index (χ3v) is 0.908. The van der Waals surface area contributed by atoms with E-state index in [0.717, 1.165) is 0 Å². The van der Waals surface area contributed by atoms with Gasteiger partial charge in [-0.2, -0.15) is 0 Å². The standard InChI is InChI=1S/C5H10N4O3/c1-6-3(10)8-5(12)9-4(11)7-2/h1-2H3,(H4,6,7,8,9,10,11,12). The molecule has 0 atom stereocenters. The van der Waals surface area contributed by atoms with Crippen LogP contribution in [-0.4, -0.2) is 32.2 Å². The predicted molar refractivity (Wildman–Crippen MR) is 40.6 cm³/mol. The molecule has 7 nitrogen and oxygen atoms in total. The Bertz CT molecular complexity index is 183. The molecule has 0 rings (SSSR count). The minimum Gasteiger partial charge on any atom is -0.341 e. The van der Waals surface area contributed by atoms with Crippen molar-refractivity contribution in [1.29, 1.82) is 0 Å². The van der Waals surface area contributed by atoms with Gasteiger partial charge in [0, 0.05) is 14.1 Å². The van der Waals surface area contributed by atoms with Gasteiger partial charge in [0.2, 0.25) is 0 Å². The van der Waals surface area contributed by atoms with Gasteiger partial charge in [0.1, 0.15) is 0 Å². The second-order valence-corrected chi connectivity index (χ2v) is 1.74. The fraction of sp³-hybridized carbons (Fsp3) is 0.400. The molecule has 0 aliphatic rings. The minimum absolute atomic E-state index is 0.684. The third kappa shape index (κ3) is 4.09. The van der Waals surface area contributed by atoms with Crippen molar-refractivity contribution in [3.05, 3.63) is 0 Å². The lowest BCUT2D eigenvalue weighted by molar-refractivity contribution is 0.223. The Hall–Kier alpha value is -1.79. The second kappa shape index (κ2) is 4.94. The summed E-state index contributed by atoms with van der Waals surface area (Å²) in [6.07, 6.45) is 0. The van der Waals surface area contributed by atoms with Crippen molar-refractivity contribution < 1.29 is 14.4 Å². The highest BCUT2D eigenvalue weighted by atomic mass is 16.2. The first kappa shape index (κ1) is 10.2. The number of rotatable bonds is 0. The molecule has 0 fully saturated rings. The largest absolute Gasteiger partial charge is 0.341 e. The molecule has 4 N–H and O–H groups in total. The van der Waals surface area contributed by atoms with Gasteiger partial charge in [-0.1, -0.05) is 0 Å². The van der Waals surface area contributed by atoms with Crippen LogP contribution in [0.3, 0.4) is 0 Å². The van der Waals surface area contributed by atoms with Crippen molar-refractivity contribution in [2.75, 3.05) is 14.1 Å². The summed E-state index contributed by atoms with van der Waals surface area (Å²) in [5.41, 5.74) is 0. The van der Waals surface area contributed by atoms with Crippen LogP contribution in [0.5, 0.6) is 0 Å². The number of carbonyl (C=O) groups is 3. The molecule has 0 unspecified atom stereocenters. The summed E-state index contributed by atoms with van der Waals surface area (Å²) in [4.78, 5) is 31.6. The van der Waals surface area contributed by atoms with E-state index < -0.39 is 18.1 Å². The highest BCUT2D eigenvalue weighted by Crippen LogP contribution is 1.66. The lowest BCUT2D eigenvalue weighted by atomic mass is 10.8. The van der Waals surface area contributed by atoms with Gasteiger partial charge in [0.15, 0.2) is 0 Å². The van der Waals surface area contributed by atoms with E-state index >= 15 is 0 Å². The lowest BCUT2D eigenvalue weighted by Gasteiger charge is -2.03. The topological polar surface area (TPSA) is 99.3 Å². The van der Waals surface area contributed by atoms with Crippen molar-refractivity contribution in [1.82, 2.24) is 21.3 Å². The molecule has 0 aromatic rings. The Balaban J connectivity index is 3.74. The molecular formula is C5H10N4O3. The van der Waals surface area contributed by atoms with E-state index in [4.69, 9.17) is 0 Å². The summed E-state index contributed by atoms with van der Waals surface area (Å²) >= 11 is 0. The number of hydrogen-bond acceptors (Lipinski definition) is 3. The first-order valence-corrected chi connectivity index (χ1v) is 3.11. The Morgan fingerprint density at radius 1 is 0.750 bits per heavy atom. The summed E-state index contributed by atoms with van der Waals surface area (Å²) in [5.74, 6) is 0. The van der Waals surface area contributed by atoms with Crippen molar-refractivity contribution in [3.8, 4) is 0 Å². The van der Waals surface area contributed by atoms with Gasteiger partial charge in [-0.05, 0) is 0 Å². The van der Waals surface area contributed by atoms with Crippen LogP contribution in [0.15, 0.2) is 0 Å². The normalized spacial score (nSPS) is 8.17. The number of nitrogens with one attached hydrogen (secondary N) is 4. The maximum Gasteiger partial charge on any atom is 0.330 e. The molecule has 12 heavy (non-hydrogen) atoms. The van der Waals surface area contributed by atoms with Gasteiger partial charge in [-0.25, -0.2) is 14.4 Å². The molecule has 0 aromatic carbocycles. The quantitative estimate of drug-likeness (QED) is 0.377. The molecule has 0 saturated heterocycles. The summed E-state index contributed by atoms with van der Waals surface area (Å²) in [6.45, 7) is 0. The van der Waals surface area contributed by atoms with Gasteiger partial charge in [-0.15, -0.1) is 0 Å². The third-order valence-electron chi connectivity index (χ3n) is 0.908. The van der Waals surface area contributed by atoms with E-state index in [9.17, 15) is 14.4 Å². The zero-order valence-corrected chi connectivity index (χ0v) is 6.72. The molecule has 0 saturated carbocycles. The van der Waals surface area contributed by atoms with Crippen molar-refractivity contribution in [2.24, 2.45) is 0 Å². The second-order valence-electron chi connectivity index (χ2n) is 1.74.